The van der Waals surface area contributed by atoms with Crippen molar-refractivity contribution in [1.82, 2.24) is 5.32 Å². The van der Waals surface area contributed by atoms with E-state index in [0.717, 1.165) is 16.4 Å². The fraction of sp³-hybridized carbons (Fsp3) is 0.583. The van der Waals surface area contributed by atoms with Crippen LogP contribution in [-0.4, -0.2) is 18.3 Å². The van der Waals surface area contributed by atoms with Gasteiger partial charge in [-0.3, -0.25) is 0 Å². The molecule has 3 nitrogen and oxygen atoms in total. The van der Waals surface area contributed by atoms with Crippen LogP contribution >= 0.6 is 11.8 Å². The van der Waals surface area contributed by atoms with Gasteiger partial charge in [0.2, 0.25) is 0 Å². The van der Waals surface area contributed by atoms with Crippen LogP contribution in [0.2, 0.25) is 0 Å². The Morgan fingerprint density at radius 2 is 2.44 bits per heavy atom. The van der Waals surface area contributed by atoms with Crippen LogP contribution < -0.4 is 5.32 Å². The van der Waals surface area contributed by atoms with Crippen LogP contribution in [0.1, 0.15) is 18.6 Å². The fourth-order valence-corrected chi connectivity index (χ4v) is 3.10. The van der Waals surface area contributed by atoms with Crippen molar-refractivity contribution in [2.45, 2.75) is 30.2 Å². The Hall–Kier alpha value is -0.920. The lowest BCUT2D eigenvalue weighted by Gasteiger charge is -2.25. The molecule has 0 radical (unpaired) electrons. The second-order valence-corrected chi connectivity index (χ2v) is 5.25. The van der Waals surface area contributed by atoms with Crippen molar-refractivity contribution in [1.29, 1.82) is 5.26 Å². The molecule has 1 heterocycles. The van der Waals surface area contributed by atoms with Gasteiger partial charge in [-0.15, -0.1) is 11.8 Å². The Morgan fingerprint density at radius 3 is 2.88 bits per heavy atom. The molecule has 1 atom stereocenters. The highest BCUT2D eigenvalue weighted by atomic mass is 32.2. The lowest BCUT2D eigenvalue weighted by molar-refractivity contribution is 0.441. The molecule has 4 heteroatoms. The van der Waals surface area contributed by atoms with Gasteiger partial charge in [0.05, 0.1) is 12.3 Å². The molecule has 2 rings (SSSR count). The molecule has 1 unspecified atom stereocenters. The first-order valence-electron chi connectivity index (χ1n) is 5.49. The summed E-state index contributed by atoms with van der Waals surface area (Å²) >= 11 is 1.70. The zero-order valence-corrected chi connectivity index (χ0v) is 10.4. The Labute approximate surface area is 100 Å². The summed E-state index contributed by atoms with van der Waals surface area (Å²) < 4.78 is 5.25. The molecule has 1 aliphatic rings. The SMILES string of the molecule is CNC(C#N)(CSc1ccoc1C)C1CC1. The Kier molecular flexibility index (Phi) is 3.27. The van der Waals surface area contributed by atoms with E-state index in [4.69, 9.17) is 4.42 Å². The molecule has 0 spiro atoms. The van der Waals surface area contributed by atoms with Crippen LogP contribution in [0.3, 0.4) is 0 Å². The molecule has 1 saturated carbocycles. The average molecular weight is 236 g/mol. The molecule has 0 saturated heterocycles. The molecule has 1 aromatic rings. The summed E-state index contributed by atoms with van der Waals surface area (Å²) in [5.41, 5.74) is -0.367. The van der Waals surface area contributed by atoms with Crippen LogP contribution in [0.25, 0.3) is 0 Å². The van der Waals surface area contributed by atoms with Gasteiger partial charge in [-0.1, -0.05) is 0 Å². The van der Waals surface area contributed by atoms with Crippen LogP contribution in [0, 0.1) is 24.2 Å². The van der Waals surface area contributed by atoms with Crippen molar-refractivity contribution in [3.8, 4) is 6.07 Å². The third-order valence-corrected chi connectivity index (χ3v) is 4.52. The van der Waals surface area contributed by atoms with Crippen molar-refractivity contribution in [2.24, 2.45) is 5.92 Å². The van der Waals surface area contributed by atoms with E-state index < -0.39 is 0 Å². The van der Waals surface area contributed by atoms with Crippen LogP contribution in [-0.2, 0) is 0 Å². The first kappa shape index (κ1) is 11.6. The highest BCUT2D eigenvalue weighted by Crippen LogP contribution is 2.42. The number of hydrogen-bond donors (Lipinski definition) is 1. The van der Waals surface area contributed by atoms with Gasteiger partial charge in [-0.25, -0.2) is 0 Å². The number of nitrogens with one attached hydrogen (secondary N) is 1. The minimum absolute atomic E-state index is 0.367. The summed E-state index contributed by atoms with van der Waals surface area (Å²) in [6, 6.07) is 4.41. The maximum absolute atomic E-state index is 9.34. The number of nitriles is 1. The third-order valence-electron chi connectivity index (χ3n) is 3.19. The Morgan fingerprint density at radius 1 is 1.69 bits per heavy atom. The number of aryl methyl sites for hydroxylation is 1. The molecule has 0 amide bonds. The first-order chi connectivity index (χ1) is 7.72. The summed E-state index contributed by atoms with van der Waals surface area (Å²) in [6.07, 6.45) is 4.03. The molecule has 0 aromatic carbocycles. The third kappa shape index (κ3) is 2.11. The van der Waals surface area contributed by atoms with Crippen molar-refractivity contribution in [3.63, 3.8) is 0 Å². The van der Waals surface area contributed by atoms with E-state index in [-0.39, 0.29) is 5.54 Å². The number of nitrogens with zero attached hydrogens (tertiary/aromatic N) is 1. The molecule has 86 valence electrons. The molecule has 1 aromatic heterocycles. The highest BCUT2D eigenvalue weighted by Gasteiger charge is 2.44. The number of rotatable bonds is 5. The summed E-state index contributed by atoms with van der Waals surface area (Å²) in [5.74, 6) is 2.23. The number of thioether (sulfide) groups is 1. The maximum Gasteiger partial charge on any atom is 0.118 e. The topological polar surface area (TPSA) is 49.0 Å². The van der Waals surface area contributed by atoms with Gasteiger partial charge in [0, 0.05) is 10.6 Å². The quantitative estimate of drug-likeness (QED) is 0.798. The van der Waals surface area contributed by atoms with E-state index in [1.807, 2.05) is 20.0 Å². The van der Waals surface area contributed by atoms with Gasteiger partial charge in [0.15, 0.2) is 0 Å². The second kappa shape index (κ2) is 4.52. The largest absolute Gasteiger partial charge is 0.468 e. The van der Waals surface area contributed by atoms with Gasteiger partial charge < -0.3 is 9.73 Å². The molecule has 1 fully saturated rings. The van der Waals surface area contributed by atoms with Gasteiger partial charge in [0.1, 0.15) is 11.3 Å². The molecule has 16 heavy (non-hydrogen) atoms. The van der Waals surface area contributed by atoms with Gasteiger partial charge in [0.25, 0.3) is 0 Å². The highest BCUT2D eigenvalue weighted by molar-refractivity contribution is 7.99. The van der Waals surface area contributed by atoms with Crippen molar-refractivity contribution in [2.75, 3.05) is 12.8 Å². The molecular formula is C12H16N2OS. The fourth-order valence-electron chi connectivity index (χ4n) is 1.86. The monoisotopic (exact) mass is 236 g/mol. The molecule has 1 N–H and O–H groups in total. The summed E-state index contributed by atoms with van der Waals surface area (Å²) in [4.78, 5) is 1.13. The Balaban J connectivity index is 2.02. The Bertz CT molecular complexity index is 405. The lowest BCUT2D eigenvalue weighted by Crippen LogP contribution is -2.46. The molecule has 1 aliphatic carbocycles. The molecular weight excluding hydrogens is 220 g/mol. The van der Waals surface area contributed by atoms with E-state index in [0.29, 0.717) is 5.92 Å². The van der Waals surface area contributed by atoms with Gasteiger partial charge in [-0.2, -0.15) is 5.26 Å². The minimum atomic E-state index is -0.367. The normalized spacial score (nSPS) is 19.1. The molecule has 0 aliphatic heterocycles. The minimum Gasteiger partial charge on any atom is -0.468 e. The summed E-state index contributed by atoms with van der Waals surface area (Å²) in [5, 5.41) is 12.5. The first-order valence-corrected chi connectivity index (χ1v) is 6.47. The van der Waals surface area contributed by atoms with E-state index in [9.17, 15) is 5.26 Å². The number of hydrogen-bond acceptors (Lipinski definition) is 4. The van der Waals surface area contributed by atoms with Gasteiger partial charge >= 0.3 is 0 Å². The standard InChI is InChI=1S/C12H16N2OS/c1-9-11(5-6-15-9)16-8-12(7-13,14-2)10-3-4-10/h5-6,10,14H,3-4,8H2,1-2H3. The van der Waals surface area contributed by atoms with E-state index >= 15 is 0 Å². The van der Waals surface area contributed by atoms with Crippen molar-refractivity contribution >= 4 is 11.8 Å². The average Bonchev–Trinajstić information content (AvgIpc) is 3.07. The smallest absolute Gasteiger partial charge is 0.118 e. The maximum atomic E-state index is 9.34. The second-order valence-electron chi connectivity index (χ2n) is 4.24. The zero-order valence-electron chi connectivity index (χ0n) is 9.62. The van der Waals surface area contributed by atoms with Crippen molar-refractivity contribution in [3.05, 3.63) is 18.1 Å². The van der Waals surface area contributed by atoms with E-state index in [2.05, 4.69) is 11.4 Å². The molecule has 0 bridgehead atoms. The van der Waals surface area contributed by atoms with Crippen LogP contribution in [0.15, 0.2) is 21.6 Å². The van der Waals surface area contributed by atoms with E-state index in [1.54, 1.807) is 18.0 Å². The lowest BCUT2D eigenvalue weighted by atomic mass is 9.98. The summed E-state index contributed by atoms with van der Waals surface area (Å²) in [7, 11) is 1.88. The predicted molar refractivity (Wildman–Crippen MR) is 64.3 cm³/mol. The summed E-state index contributed by atoms with van der Waals surface area (Å²) in [6.45, 7) is 1.95. The van der Waals surface area contributed by atoms with Crippen LogP contribution in [0.5, 0.6) is 0 Å². The van der Waals surface area contributed by atoms with Crippen molar-refractivity contribution < 1.29 is 4.42 Å². The zero-order chi connectivity index (χ0) is 11.6. The predicted octanol–water partition coefficient (Wildman–Crippen LogP) is 2.57. The van der Waals surface area contributed by atoms with E-state index in [1.165, 1.54) is 12.8 Å². The van der Waals surface area contributed by atoms with Crippen LogP contribution in [0.4, 0.5) is 0 Å². The van der Waals surface area contributed by atoms with Gasteiger partial charge in [-0.05, 0) is 38.8 Å². The number of furan rings is 1.